The molecule has 0 unspecified atom stereocenters. The maximum absolute atomic E-state index is 2.65. The van der Waals surface area contributed by atoms with Gasteiger partial charge in [0.2, 0.25) is 0 Å². The molecule has 8 heteroatoms. The summed E-state index contributed by atoms with van der Waals surface area (Å²) in [5, 5.41) is 5.03. The lowest BCUT2D eigenvalue weighted by atomic mass is 9.30. The van der Waals surface area contributed by atoms with E-state index in [-0.39, 0.29) is 13.4 Å². The molecule has 2 aromatic heterocycles. The fourth-order valence-corrected chi connectivity index (χ4v) is 16.5. The second kappa shape index (κ2) is 19.1. The van der Waals surface area contributed by atoms with Crippen LogP contribution in [0.4, 0.5) is 68.2 Å². The van der Waals surface area contributed by atoms with Crippen LogP contribution in [-0.2, 0) is 0 Å². The van der Waals surface area contributed by atoms with Crippen molar-refractivity contribution in [3.63, 3.8) is 0 Å². The molecule has 0 aliphatic carbocycles. The van der Waals surface area contributed by atoms with Gasteiger partial charge < -0.3 is 28.7 Å². The average Bonchev–Trinajstić information content (AvgIpc) is 0.743. The Morgan fingerprint density at radius 2 is 0.489 bits per heavy atom. The first-order chi connectivity index (χ1) is 44.4. The second-order valence-electron chi connectivity index (χ2n) is 25.0. The second-order valence-corrected chi connectivity index (χ2v) is 25.0. The van der Waals surface area contributed by atoms with Crippen molar-refractivity contribution >= 4 is 158 Å². The number of aryl methyl sites for hydroxylation is 4. The van der Waals surface area contributed by atoms with Gasteiger partial charge in [-0.05, 0) is 174 Å². The van der Waals surface area contributed by atoms with Gasteiger partial charge in [-0.25, -0.2) is 0 Å². The Hall–Kier alpha value is -11.2. The average molecular weight is 1150 g/mol. The van der Waals surface area contributed by atoms with Gasteiger partial charge in [0, 0.05) is 89.8 Å². The van der Waals surface area contributed by atoms with Crippen LogP contribution in [-0.4, -0.2) is 22.6 Å². The van der Waals surface area contributed by atoms with Crippen molar-refractivity contribution < 1.29 is 0 Å². The van der Waals surface area contributed by atoms with E-state index in [1.165, 1.54) is 121 Å². The van der Waals surface area contributed by atoms with Crippen LogP contribution in [0, 0.1) is 27.7 Å². The van der Waals surface area contributed by atoms with Gasteiger partial charge in [-0.15, -0.1) is 0 Å². The molecule has 0 amide bonds. The fourth-order valence-electron chi connectivity index (χ4n) is 16.5. The zero-order chi connectivity index (χ0) is 59.6. The van der Waals surface area contributed by atoms with Crippen molar-refractivity contribution in [2.24, 2.45) is 0 Å². The minimum atomic E-state index is -0.142. The number of benzene rings is 13. The van der Waals surface area contributed by atoms with Crippen LogP contribution >= 0.6 is 0 Å². The maximum atomic E-state index is 2.65. The summed E-state index contributed by atoms with van der Waals surface area (Å²) in [6.45, 7) is 8.79. The summed E-state index contributed by atoms with van der Waals surface area (Å²) in [5.74, 6) is 0. The molecule has 0 fully saturated rings. The van der Waals surface area contributed by atoms with E-state index in [1.807, 2.05) is 0 Å². The molecule has 6 nitrogen and oxygen atoms in total. The molecule has 19 rings (SSSR count). The molecule has 0 spiro atoms. The van der Waals surface area contributed by atoms with Crippen LogP contribution in [0.15, 0.2) is 279 Å². The first-order valence-electron chi connectivity index (χ1n) is 31.5. The smallest absolute Gasteiger partial charge is 0.252 e. The summed E-state index contributed by atoms with van der Waals surface area (Å²) >= 11 is 0. The molecular formula is C82H58B2N6. The fraction of sp³-hybridized carbons (Fsp3) is 0.0488. The van der Waals surface area contributed by atoms with Gasteiger partial charge in [-0.1, -0.05) is 188 Å². The monoisotopic (exact) mass is 1150 g/mol. The zero-order valence-electron chi connectivity index (χ0n) is 50.4. The third-order valence-corrected chi connectivity index (χ3v) is 20.0. The third-order valence-electron chi connectivity index (χ3n) is 20.0. The quantitative estimate of drug-likeness (QED) is 0.155. The van der Waals surface area contributed by atoms with Crippen molar-refractivity contribution in [3.8, 4) is 11.4 Å². The van der Waals surface area contributed by atoms with Gasteiger partial charge in [0.1, 0.15) is 0 Å². The highest BCUT2D eigenvalue weighted by atomic mass is 15.2. The lowest BCUT2D eigenvalue weighted by Crippen LogP contribution is -2.65. The van der Waals surface area contributed by atoms with E-state index in [4.69, 9.17) is 0 Å². The molecule has 0 N–H and O–H groups in total. The van der Waals surface area contributed by atoms with Gasteiger partial charge in [-0.3, -0.25) is 0 Å². The third kappa shape index (κ3) is 7.01. The van der Waals surface area contributed by atoms with Crippen molar-refractivity contribution in [3.05, 3.63) is 301 Å². The molecule has 6 heterocycles. The molecule has 0 radical (unpaired) electrons. The van der Waals surface area contributed by atoms with Crippen LogP contribution in [0.1, 0.15) is 22.3 Å². The number of rotatable bonds is 6. The van der Waals surface area contributed by atoms with E-state index in [9.17, 15) is 0 Å². The molecule has 90 heavy (non-hydrogen) atoms. The maximum Gasteiger partial charge on any atom is 0.252 e. The molecule has 0 saturated heterocycles. The van der Waals surface area contributed by atoms with Gasteiger partial charge in [0.05, 0.1) is 33.4 Å². The standard InChI is InChI=1S/C82H58B2N6/c1-51-25-21-37-61-62-38-22-26-52(2)80(62)89(79(51)61)59-45-73-77-75(47-59)87(57-33-13-7-14-34-57)71-50-72-68(49-67(71)83(77)65-41-17-19-43-69(65)85(73)55-29-9-5-10-30-55)84-66-42-18-20-44-70(66)86(56-31-11-6-12-32-56)74-46-60(48-76(78(74)84)88(72)58-35-15-8-16-36-58)90-81-53(3)27-23-39-63(81)64-40-24-28-54(4)82(64)90/h5-50H,1-4H3. The Morgan fingerprint density at radius 3 is 0.800 bits per heavy atom. The van der Waals surface area contributed by atoms with E-state index >= 15 is 0 Å². The zero-order valence-corrected chi connectivity index (χ0v) is 50.4. The topological polar surface area (TPSA) is 22.8 Å². The molecule has 422 valence electrons. The van der Waals surface area contributed by atoms with Gasteiger partial charge in [-0.2, -0.15) is 0 Å². The number of fused-ring (bicyclic) bond motifs is 14. The molecule has 0 atom stereocenters. The predicted molar refractivity (Wildman–Crippen MR) is 382 cm³/mol. The first-order valence-corrected chi connectivity index (χ1v) is 31.5. The summed E-state index contributed by atoms with van der Waals surface area (Å²) in [4.78, 5) is 10.3. The molecule has 4 aliphatic heterocycles. The van der Waals surface area contributed by atoms with Crippen molar-refractivity contribution in [1.29, 1.82) is 0 Å². The van der Waals surface area contributed by atoms with Crippen LogP contribution in [0.3, 0.4) is 0 Å². The highest BCUT2D eigenvalue weighted by molar-refractivity contribution is 7.03. The largest absolute Gasteiger partial charge is 0.311 e. The highest BCUT2D eigenvalue weighted by Crippen LogP contribution is 2.51. The van der Waals surface area contributed by atoms with E-state index < -0.39 is 0 Å². The number of hydrogen-bond donors (Lipinski definition) is 0. The first kappa shape index (κ1) is 50.9. The van der Waals surface area contributed by atoms with Crippen molar-refractivity contribution in [2.45, 2.75) is 27.7 Å². The lowest BCUT2D eigenvalue weighted by molar-refractivity contribution is 1.14. The molecule has 0 bridgehead atoms. The number of nitrogens with zero attached hydrogens (tertiary/aromatic N) is 6. The Bertz CT molecular complexity index is 5060. The van der Waals surface area contributed by atoms with Crippen LogP contribution in [0.5, 0.6) is 0 Å². The van der Waals surface area contributed by atoms with Crippen LogP contribution in [0.25, 0.3) is 55.0 Å². The highest BCUT2D eigenvalue weighted by Gasteiger charge is 2.49. The Morgan fingerprint density at radius 1 is 0.211 bits per heavy atom. The summed E-state index contributed by atoms with van der Waals surface area (Å²) in [5.41, 5.74) is 33.5. The molecule has 13 aromatic carbocycles. The molecule has 15 aromatic rings. The van der Waals surface area contributed by atoms with E-state index in [2.05, 4.69) is 335 Å². The Balaban J connectivity index is 0.958. The van der Waals surface area contributed by atoms with E-state index in [1.54, 1.807) is 0 Å². The number of anilines is 12. The Labute approximate surface area is 524 Å². The van der Waals surface area contributed by atoms with Gasteiger partial charge >= 0.3 is 0 Å². The summed E-state index contributed by atoms with van der Waals surface area (Å²) in [6, 6.07) is 105. The van der Waals surface area contributed by atoms with Gasteiger partial charge in [0.25, 0.3) is 13.4 Å². The van der Waals surface area contributed by atoms with Crippen molar-refractivity contribution in [2.75, 3.05) is 19.6 Å². The van der Waals surface area contributed by atoms with Gasteiger partial charge in [0.15, 0.2) is 0 Å². The summed E-state index contributed by atoms with van der Waals surface area (Å²) < 4.78 is 5.14. The number of hydrogen-bond acceptors (Lipinski definition) is 4. The summed E-state index contributed by atoms with van der Waals surface area (Å²) in [6.07, 6.45) is 0. The Kier molecular flexibility index (Phi) is 10.8. The predicted octanol–water partition coefficient (Wildman–Crippen LogP) is 17.3. The minimum absolute atomic E-state index is 0.142. The van der Waals surface area contributed by atoms with Crippen molar-refractivity contribution in [1.82, 2.24) is 9.13 Å². The normalized spacial score (nSPS) is 13.4. The molecule has 0 saturated carbocycles. The molecular weight excluding hydrogens is 1090 g/mol. The van der Waals surface area contributed by atoms with Crippen LogP contribution in [0.2, 0.25) is 0 Å². The van der Waals surface area contributed by atoms with E-state index in [0.29, 0.717) is 0 Å². The minimum Gasteiger partial charge on any atom is -0.311 e. The number of aromatic nitrogens is 2. The number of para-hydroxylation sites is 10. The summed E-state index contributed by atoms with van der Waals surface area (Å²) in [7, 11) is 0. The van der Waals surface area contributed by atoms with Crippen LogP contribution < -0.4 is 52.4 Å². The molecule has 4 aliphatic rings. The lowest BCUT2D eigenvalue weighted by Gasteiger charge is -2.47. The SMILES string of the molecule is Cc1cccc2c3cccc(C)c3n(-c3cc4c5c(c3)N(c3ccccc3)c3cc6c(cc3B5c3ccccc3N4c3ccccc3)B3c4ccccc4N(c4ccccc4)c4cc(-n5c7c(C)cccc7c7cccc(C)c75)cc(c43)N6c3ccccc3)c12. The van der Waals surface area contributed by atoms with E-state index in [0.717, 1.165) is 56.9 Å².